The molecule has 1 heterocycles. The molecule has 0 bridgehead atoms. The summed E-state index contributed by atoms with van der Waals surface area (Å²) in [6, 6.07) is 3.57. The quantitative estimate of drug-likeness (QED) is 0.761. The minimum absolute atomic E-state index is 0.0221. The molecule has 11 heteroatoms. The van der Waals surface area contributed by atoms with Gasteiger partial charge < -0.3 is 9.84 Å². The molecule has 2 aromatic rings. The van der Waals surface area contributed by atoms with E-state index in [9.17, 15) is 21.6 Å². The predicted molar refractivity (Wildman–Crippen MR) is 82.0 cm³/mol. The maximum absolute atomic E-state index is 12.7. The molecule has 0 aliphatic rings. The van der Waals surface area contributed by atoms with E-state index in [-0.39, 0.29) is 18.5 Å². The second kappa shape index (κ2) is 7.50. The molecule has 1 aromatic heterocycles. The molecule has 1 unspecified atom stereocenters. The van der Waals surface area contributed by atoms with Crippen molar-refractivity contribution in [3.05, 3.63) is 41.5 Å². The number of rotatable bonds is 7. The fraction of sp³-hybridized carbons (Fsp3) is 0.429. The molecule has 25 heavy (non-hydrogen) atoms. The molecule has 2 N–H and O–H groups in total. The fourth-order valence-corrected chi connectivity index (χ4v) is 2.92. The molecule has 0 fully saturated rings. The van der Waals surface area contributed by atoms with Gasteiger partial charge in [0.1, 0.15) is 0 Å². The van der Waals surface area contributed by atoms with Crippen molar-refractivity contribution in [1.29, 1.82) is 0 Å². The zero-order chi connectivity index (χ0) is 18.7. The van der Waals surface area contributed by atoms with Crippen LogP contribution in [0, 0.1) is 0 Å². The Hall–Kier alpha value is -1.98. The Morgan fingerprint density at radius 3 is 2.68 bits per heavy atom. The highest BCUT2D eigenvalue weighted by Crippen LogP contribution is 2.30. The number of aromatic nitrogens is 2. The van der Waals surface area contributed by atoms with E-state index in [0.29, 0.717) is 18.3 Å². The molecular formula is C14H17F3N4O3S. The van der Waals surface area contributed by atoms with Gasteiger partial charge in [-0.05, 0) is 32.2 Å². The van der Waals surface area contributed by atoms with Crippen LogP contribution in [0.2, 0.25) is 0 Å². The summed E-state index contributed by atoms with van der Waals surface area (Å²) in [6.07, 6.45) is -4.14. The Bertz CT molecular complexity index is 821. The first-order chi connectivity index (χ1) is 11.6. The van der Waals surface area contributed by atoms with Gasteiger partial charge in [-0.15, -0.1) is 0 Å². The van der Waals surface area contributed by atoms with Crippen LogP contribution >= 0.6 is 0 Å². The third-order valence-corrected chi connectivity index (χ3v) is 4.78. The van der Waals surface area contributed by atoms with E-state index in [0.717, 1.165) is 18.2 Å². The molecular weight excluding hydrogens is 361 g/mol. The van der Waals surface area contributed by atoms with Gasteiger partial charge in [0.25, 0.3) is 0 Å². The number of alkyl halides is 3. The minimum atomic E-state index is -4.63. The summed E-state index contributed by atoms with van der Waals surface area (Å²) in [4.78, 5) is 3.53. The monoisotopic (exact) mass is 378 g/mol. The molecule has 1 atom stereocenters. The van der Waals surface area contributed by atoms with Gasteiger partial charge in [0, 0.05) is 12.5 Å². The topological polar surface area (TPSA) is 97.1 Å². The molecule has 0 saturated heterocycles. The van der Waals surface area contributed by atoms with Gasteiger partial charge in [0.05, 0.1) is 17.0 Å². The van der Waals surface area contributed by atoms with Crippen molar-refractivity contribution in [3.8, 4) is 0 Å². The third kappa shape index (κ3) is 5.25. The van der Waals surface area contributed by atoms with Crippen molar-refractivity contribution in [2.75, 3.05) is 7.05 Å². The lowest BCUT2D eigenvalue weighted by atomic mass is 10.2. The normalized spacial score (nSPS) is 13.8. The van der Waals surface area contributed by atoms with E-state index in [2.05, 4.69) is 20.2 Å². The molecule has 1 aromatic carbocycles. The van der Waals surface area contributed by atoms with E-state index in [4.69, 9.17) is 4.52 Å². The smallest absolute Gasteiger partial charge is 0.338 e. The van der Waals surface area contributed by atoms with Crippen molar-refractivity contribution in [1.82, 2.24) is 20.2 Å². The highest BCUT2D eigenvalue weighted by Gasteiger charge is 2.31. The number of benzene rings is 1. The van der Waals surface area contributed by atoms with Gasteiger partial charge in [-0.1, -0.05) is 11.2 Å². The molecule has 0 saturated carbocycles. The molecule has 0 spiro atoms. The van der Waals surface area contributed by atoms with Crippen molar-refractivity contribution in [2.45, 2.75) is 37.0 Å². The second-order valence-corrected chi connectivity index (χ2v) is 7.12. The van der Waals surface area contributed by atoms with E-state index >= 15 is 0 Å². The number of hydrogen-bond acceptors (Lipinski definition) is 6. The van der Waals surface area contributed by atoms with Crippen molar-refractivity contribution in [2.24, 2.45) is 0 Å². The highest BCUT2D eigenvalue weighted by molar-refractivity contribution is 7.89. The van der Waals surface area contributed by atoms with Crippen LogP contribution in [-0.4, -0.2) is 31.6 Å². The largest absolute Gasteiger partial charge is 0.416 e. The molecule has 138 valence electrons. The van der Waals surface area contributed by atoms with Crippen LogP contribution in [0.5, 0.6) is 0 Å². The number of likely N-dealkylation sites (N-methyl/N-ethyl adjacent to an activating group) is 1. The van der Waals surface area contributed by atoms with E-state index in [1.54, 1.807) is 7.05 Å². The molecule has 0 radical (unpaired) electrons. The van der Waals surface area contributed by atoms with Gasteiger partial charge in [0.15, 0.2) is 5.82 Å². The van der Waals surface area contributed by atoms with Crippen molar-refractivity contribution in [3.63, 3.8) is 0 Å². The Kier molecular flexibility index (Phi) is 5.80. The van der Waals surface area contributed by atoms with Gasteiger partial charge in [-0.25, -0.2) is 13.1 Å². The summed E-state index contributed by atoms with van der Waals surface area (Å²) in [6.45, 7) is 1.59. The first-order valence-electron chi connectivity index (χ1n) is 7.27. The number of halogens is 3. The van der Waals surface area contributed by atoms with Gasteiger partial charge >= 0.3 is 6.18 Å². The Morgan fingerprint density at radius 2 is 2.04 bits per heavy atom. The average Bonchev–Trinajstić information content (AvgIpc) is 3.00. The summed E-state index contributed by atoms with van der Waals surface area (Å²) < 4.78 is 69.4. The van der Waals surface area contributed by atoms with Crippen LogP contribution in [-0.2, 0) is 29.2 Å². The van der Waals surface area contributed by atoms with Crippen molar-refractivity contribution < 1.29 is 26.1 Å². The van der Waals surface area contributed by atoms with Crippen LogP contribution in [0.4, 0.5) is 13.2 Å². The maximum Gasteiger partial charge on any atom is 0.416 e. The number of nitrogens with one attached hydrogen (secondary N) is 2. The Labute approximate surface area is 142 Å². The highest BCUT2D eigenvalue weighted by atomic mass is 32.2. The lowest BCUT2D eigenvalue weighted by molar-refractivity contribution is -0.137. The van der Waals surface area contributed by atoms with Crippen LogP contribution in [0.15, 0.2) is 33.7 Å². The first kappa shape index (κ1) is 19.3. The summed E-state index contributed by atoms with van der Waals surface area (Å²) in [5.74, 6) is 0.420. The Morgan fingerprint density at radius 1 is 1.32 bits per heavy atom. The van der Waals surface area contributed by atoms with E-state index in [1.807, 2.05) is 6.92 Å². The second-order valence-electron chi connectivity index (χ2n) is 5.35. The van der Waals surface area contributed by atoms with Crippen LogP contribution in [0.1, 0.15) is 24.2 Å². The summed E-state index contributed by atoms with van der Waals surface area (Å²) in [5.41, 5.74) is -1.04. The molecule has 7 nitrogen and oxygen atoms in total. The minimum Gasteiger partial charge on any atom is -0.338 e. The average molecular weight is 378 g/mol. The maximum atomic E-state index is 12.7. The van der Waals surface area contributed by atoms with E-state index < -0.39 is 26.7 Å². The zero-order valence-corrected chi connectivity index (χ0v) is 14.3. The standard InChI is InChI=1S/C14H17F3N4O3S/c1-9(18-2)6-12-20-13(24-21-12)8-19-25(22,23)11-5-3-4-10(7-11)14(15,16)17/h3-5,7,9,18-19H,6,8H2,1-2H3. The summed E-state index contributed by atoms with van der Waals surface area (Å²) >= 11 is 0. The number of nitrogens with zero attached hydrogens (tertiary/aromatic N) is 2. The molecule has 0 aliphatic heterocycles. The Balaban J connectivity index is 2.07. The fourth-order valence-electron chi connectivity index (χ4n) is 1.90. The van der Waals surface area contributed by atoms with Crippen LogP contribution in [0.25, 0.3) is 0 Å². The van der Waals surface area contributed by atoms with Gasteiger partial charge in [-0.3, -0.25) is 0 Å². The van der Waals surface area contributed by atoms with Crippen molar-refractivity contribution >= 4 is 10.0 Å². The predicted octanol–water partition coefficient (Wildman–Crippen LogP) is 1.72. The lowest BCUT2D eigenvalue weighted by Crippen LogP contribution is -2.25. The van der Waals surface area contributed by atoms with Gasteiger partial charge in [0.2, 0.25) is 15.9 Å². The van der Waals surface area contributed by atoms with Crippen LogP contribution in [0.3, 0.4) is 0 Å². The molecule has 0 aliphatic carbocycles. The summed E-state index contributed by atoms with van der Waals surface area (Å²) in [5, 5.41) is 6.71. The molecule has 0 amide bonds. The number of hydrogen-bond donors (Lipinski definition) is 2. The van der Waals surface area contributed by atoms with Gasteiger partial charge in [-0.2, -0.15) is 18.2 Å². The SMILES string of the molecule is CNC(C)Cc1noc(CNS(=O)(=O)c2cccc(C(F)(F)F)c2)n1. The molecule has 2 rings (SSSR count). The first-order valence-corrected chi connectivity index (χ1v) is 8.76. The van der Waals surface area contributed by atoms with E-state index in [1.165, 1.54) is 0 Å². The summed E-state index contributed by atoms with van der Waals surface area (Å²) in [7, 11) is -2.38. The zero-order valence-electron chi connectivity index (χ0n) is 13.5. The van der Waals surface area contributed by atoms with Crippen LogP contribution < -0.4 is 10.0 Å². The third-order valence-electron chi connectivity index (χ3n) is 3.38. The lowest BCUT2D eigenvalue weighted by Gasteiger charge is -2.09. The number of sulfonamides is 1.